The third kappa shape index (κ3) is 1.87. The number of aryl methyl sites for hydroxylation is 1. The first-order valence-electron chi connectivity index (χ1n) is 5.19. The van der Waals surface area contributed by atoms with Gasteiger partial charge in [-0.15, -0.1) is 0 Å². The molecule has 1 aromatic rings. The molecule has 15 heavy (non-hydrogen) atoms. The van der Waals surface area contributed by atoms with Crippen LogP contribution in [0, 0.1) is 11.3 Å². The Balaban J connectivity index is 2.47. The van der Waals surface area contributed by atoms with E-state index in [1.54, 1.807) is 6.07 Å². The van der Waals surface area contributed by atoms with E-state index in [-0.39, 0.29) is 6.04 Å². The van der Waals surface area contributed by atoms with Crippen molar-refractivity contribution in [2.45, 2.75) is 31.4 Å². The average molecular weight is 202 g/mol. The summed E-state index contributed by atoms with van der Waals surface area (Å²) in [5.41, 5.74) is 8.66. The molecule has 1 aliphatic carbocycles. The van der Waals surface area contributed by atoms with Crippen LogP contribution in [0.15, 0.2) is 18.2 Å². The highest BCUT2D eigenvalue weighted by Crippen LogP contribution is 2.27. The van der Waals surface area contributed by atoms with Crippen molar-refractivity contribution in [3.05, 3.63) is 34.9 Å². The number of hydrogen-bond acceptors (Lipinski definition) is 3. The molecule has 1 aliphatic rings. The van der Waals surface area contributed by atoms with Gasteiger partial charge in [-0.1, -0.05) is 6.07 Å². The van der Waals surface area contributed by atoms with Crippen LogP contribution in [0.4, 0.5) is 0 Å². The predicted octanol–water partition coefficient (Wildman–Crippen LogP) is 1.26. The van der Waals surface area contributed by atoms with Gasteiger partial charge in [0.15, 0.2) is 0 Å². The lowest BCUT2D eigenvalue weighted by molar-refractivity contribution is 0.136. The minimum absolute atomic E-state index is 0.351. The van der Waals surface area contributed by atoms with Crippen LogP contribution in [0.5, 0.6) is 0 Å². The van der Waals surface area contributed by atoms with Gasteiger partial charge in [-0.2, -0.15) is 5.26 Å². The Labute approximate surface area is 89.1 Å². The van der Waals surface area contributed by atoms with Gasteiger partial charge in [0.25, 0.3) is 0 Å². The second kappa shape index (κ2) is 4.01. The summed E-state index contributed by atoms with van der Waals surface area (Å²) in [6, 6.07) is 7.30. The molecule has 2 unspecified atom stereocenters. The first-order chi connectivity index (χ1) is 7.22. The van der Waals surface area contributed by atoms with E-state index < -0.39 is 6.10 Å². The van der Waals surface area contributed by atoms with Crippen molar-refractivity contribution in [3.8, 4) is 6.07 Å². The quantitative estimate of drug-likeness (QED) is 0.622. The van der Waals surface area contributed by atoms with Crippen LogP contribution in [0.25, 0.3) is 0 Å². The highest BCUT2D eigenvalue weighted by molar-refractivity contribution is 5.40. The maximum atomic E-state index is 9.76. The van der Waals surface area contributed by atoms with Crippen molar-refractivity contribution in [2.24, 2.45) is 5.73 Å². The van der Waals surface area contributed by atoms with Gasteiger partial charge in [0, 0.05) is 0 Å². The Morgan fingerprint density at radius 3 is 3.00 bits per heavy atom. The number of nitrogens with zero attached hydrogens (tertiary/aromatic N) is 1. The maximum Gasteiger partial charge on any atom is 0.0991 e. The molecule has 1 aromatic carbocycles. The number of nitrogens with two attached hydrogens (primary N) is 1. The SMILES string of the molecule is N#Cc1ccc2c(c1)C(N)C(O)CCC2. The monoisotopic (exact) mass is 202 g/mol. The Kier molecular flexibility index (Phi) is 2.72. The van der Waals surface area contributed by atoms with Gasteiger partial charge in [0.05, 0.1) is 23.8 Å². The van der Waals surface area contributed by atoms with Crippen LogP contribution >= 0.6 is 0 Å². The molecule has 2 atom stereocenters. The van der Waals surface area contributed by atoms with Crippen LogP contribution in [0.2, 0.25) is 0 Å². The number of rotatable bonds is 0. The van der Waals surface area contributed by atoms with E-state index in [4.69, 9.17) is 11.0 Å². The molecule has 78 valence electrons. The van der Waals surface area contributed by atoms with Crippen LogP contribution < -0.4 is 5.73 Å². The molecule has 0 saturated carbocycles. The molecule has 3 N–H and O–H groups in total. The van der Waals surface area contributed by atoms with Crippen LogP contribution in [-0.2, 0) is 6.42 Å². The van der Waals surface area contributed by atoms with E-state index in [1.807, 2.05) is 12.1 Å². The zero-order valence-electron chi connectivity index (χ0n) is 8.48. The lowest BCUT2D eigenvalue weighted by Crippen LogP contribution is -2.25. The molecule has 3 nitrogen and oxygen atoms in total. The minimum Gasteiger partial charge on any atom is -0.391 e. The van der Waals surface area contributed by atoms with Gasteiger partial charge in [0.1, 0.15) is 0 Å². The molecule has 0 radical (unpaired) electrons. The molecule has 0 aromatic heterocycles. The van der Waals surface area contributed by atoms with E-state index in [1.165, 1.54) is 0 Å². The third-order valence-corrected chi connectivity index (χ3v) is 2.99. The Hall–Kier alpha value is -1.37. The third-order valence-electron chi connectivity index (χ3n) is 2.99. The van der Waals surface area contributed by atoms with Crippen molar-refractivity contribution < 1.29 is 5.11 Å². The second-order valence-electron chi connectivity index (χ2n) is 4.01. The lowest BCUT2D eigenvalue weighted by atomic mass is 9.96. The summed E-state index contributed by atoms with van der Waals surface area (Å²) in [6.45, 7) is 0. The lowest BCUT2D eigenvalue weighted by Gasteiger charge is -2.17. The van der Waals surface area contributed by atoms with Gasteiger partial charge in [-0.3, -0.25) is 0 Å². The van der Waals surface area contributed by atoms with Crippen molar-refractivity contribution in [2.75, 3.05) is 0 Å². The van der Waals surface area contributed by atoms with E-state index in [2.05, 4.69) is 6.07 Å². The van der Waals surface area contributed by atoms with Crippen molar-refractivity contribution >= 4 is 0 Å². The number of fused-ring (bicyclic) bond motifs is 1. The van der Waals surface area contributed by atoms with E-state index in [9.17, 15) is 5.11 Å². The van der Waals surface area contributed by atoms with Crippen LogP contribution in [-0.4, -0.2) is 11.2 Å². The Bertz CT molecular complexity index is 409. The molecule has 3 heteroatoms. The first kappa shape index (κ1) is 10.2. The zero-order chi connectivity index (χ0) is 10.8. The van der Waals surface area contributed by atoms with Crippen molar-refractivity contribution in [1.29, 1.82) is 5.26 Å². The number of benzene rings is 1. The summed E-state index contributed by atoms with van der Waals surface area (Å²) in [7, 11) is 0. The van der Waals surface area contributed by atoms with E-state index in [0.717, 1.165) is 30.4 Å². The van der Waals surface area contributed by atoms with Gasteiger partial charge < -0.3 is 10.8 Å². The normalized spacial score (nSPS) is 25.1. The smallest absolute Gasteiger partial charge is 0.0991 e. The van der Waals surface area contributed by atoms with Crippen LogP contribution in [0.1, 0.15) is 35.6 Å². The molecular weight excluding hydrogens is 188 g/mol. The van der Waals surface area contributed by atoms with E-state index in [0.29, 0.717) is 5.56 Å². The molecule has 0 amide bonds. The van der Waals surface area contributed by atoms with Gasteiger partial charge in [-0.25, -0.2) is 0 Å². The van der Waals surface area contributed by atoms with Crippen molar-refractivity contribution in [1.82, 2.24) is 0 Å². The highest BCUT2D eigenvalue weighted by atomic mass is 16.3. The predicted molar refractivity (Wildman–Crippen MR) is 57.0 cm³/mol. The van der Waals surface area contributed by atoms with E-state index >= 15 is 0 Å². The Morgan fingerprint density at radius 2 is 2.27 bits per heavy atom. The minimum atomic E-state index is -0.486. The summed E-state index contributed by atoms with van der Waals surface area (Å²) in [6.07, 6.45) is 2.14. The largest absolute Gasteiger partial charge is 0.391 e. The summed E-state index contributed by atoms with van der Waals surface area (Å²) in [5, 5.41) is 18.6. The number of aliphatic hydroxyl groups is 1. The van der Waals surface area contributed by atoms with Crippen molar-refractivity contribution in [3.63, 3.8) is 0 Å². The topological polar surface area (TPSA) is 70.0 Å². The van der Waals surface area contributed by atoms with Crippen LogP contribution in [0.3, 0.4) is 0 Å². The summed E-state index contributed by atoms with van der Waals surface area (Å²) in [4.78, 5) is 0. The molecule has 0 heterocycles. The number of nitriles is 1. The molecule has 0 fully saturated rings. The molecule has 0 spiro atoms. The molecular formula is C12H14N2O. The summed E-state index contributed by atoms with van der Waals surface area (Å²) >= 11 is 0. The summed E-state index contributed by atoms with van der Waals surface area (Å²) in [5.74, 6) is 0. The van der Waals surface area contributed by atoms with Gasteiger partial charge >= 0.3 is 0 Å². The fraction of sp³-hybridized carbons (Fsp3) is 0.417. The highest BCUT2D eigenvalue weighted by Gasteiger charge is 2.22. The molecule has 0 aliphatic heterocycles. The number of hydrogen-bond donors (Lipinski definition) is 2. The fourth-order valence-electron chi connectivity index (χ4n) is 2.09. The number of aliphatic hydroxyl groups excluding tert-OH is 1. The fourth-order valence-corrected chi connectivity index (χ4v) is 2.09. The molecule has 0 saturated heterocycles. The first-order valence-corrected chi connectivity index (χ1v) is 5.19. The summed E-state index contributed by atoms with van der Waals surface area (Å²) < 4.78 is 0. The van der Waals surface area contributed by atoms with Gasteiger partial charge in [0.2, 0.25) is 0 Å². The zero-order valence-corrected chi connectivity index (χ0v) is 8.48. The Morgan fingerprint density at radius 1 is 1.47 bits per heavy atom. The van der Waals surface area contributed by atoms with Gasteiger partial charge in [-0.05, 0) is 42.5 Å². The molecule has 0 bridgehead atoms. The average Bonchev–Trinajstić information content (AvgIpc) is 2.40. The molecule has 2 rings (SSSR count). The maximum absolute atomic E-state index is 9.76. The second-order valence-corrected chi connectivity index (χ2v) is 4.01. The standard InChI is InChI=1S/C12H14N2O/c13-7-8-4-5-9-2-1-3-11(15)12(14)10(9)6-8/h4-6,11-12,15H,1-3,14H2.